The van der Waals surface area contributed by atoms with Crippen LogP contribution in [0, 0.1) is 0 Å². The molecule has 152 valence electrons. The first-order valence-corrected chi connectivity index (χ1v) is 10.6. The van der Waals surface area contributed by atoms with E-state index in [1.54, 1.807) is 4.90 Å². The van der Waals surface area contributed by atoms with Gasteiger partial charge in [0, 0.05) is 48.5 Å². The average Bonchev–Trinajstić information content (AvgIpc) is 3.06. The van der Waals surface area contributed by atoms with Gasteiger partial charge >= 0.3 is 0 Å². The Hall–Kier alpha value is -2.73. The van der Waals surface area contributed by atoms with Crippen LogP contribution in [0.25, 0.3) is 11.0 Å². The summed E-state index contributed by atoms with van der Waals surface area (Å²) in [5.41, 5.74) is 2.69. The van der Waals surface area contributed by atoms with E-state index in [9.17, 15) is 9.59 Å². The fraction of sp³-hybridized carbons (Fsp3) is 0.304. The summed E-state index contributed by atoms with van der Waals surface area (Å²) in [7, 11) is 1.83. The van der Waals surface area contributed by atoms with Crippen molar-refractivity contribution < 1.29 is 14.0 Å². The summed E-state index contributed by atoms with van der Waals surface area (Å²) < 4.78 is 5.95. The quantitative estimate of drug-likeness (QED) is 0.551. The summed E-state index contributed by atoms with van der Waals surface area (Å²) in [5, 5.41) is 3.58. The number of carbonyl (C=O) groups is 2. The van der Waals surface area contributed by atoms with Crippen LogP contribution in [-0.4, -0.2) is 29.0 Å². The SMILES string of the molecule is CCc1oc2ccccc2c1CN(C)C(=O)C(C)Sc1ccc(NC(C)=O)cc1. The first-order valence-electron chi connectivity index (χ1n) is 9.67. The minimum atomic E-state index is -0.227. The van der Waals surface area contributed by atoms with Crippen LogP contribution < -0.4 is 5.32 Å². The van der Waals surface area contributed by atoms with Gasteiger partial charge in [-0.05, 0) is 37.3 Å². The van der Waals surface area contributed by atoms with Crippen LogP contribution in [0.15, 0.2) is 57.8 Å². The number of para-hydroxylation sites is 1. The van der Waals surface area contributed by atoms with Crippen molar-refractivity contribution in [2.45, 2.75) is 43.9 Å². The Bertz CT molecular complexity index is 1010. The second kappa shape index (κ2) is 9.18. The lowest BCUT2D eigenvalue weighted by molar-refractivity contribution is -0.129. The van der Waals surface area contributed by atoms with E-state index in [1.165, 1.54) is 18.7 Å². The zero-order valence-electron chi connectivity index (χ0n) is 17.2. The minimum Gasteiger partial charge on any atom is -0.461 e. The van der Waals surface area contributed by atoms with Gasteiger partial charge in [-0.25, -0.2) is 0 Å². The van der Waals surface area contributed by atoms with Gasteiger partial charge in [-0.3, -0.25) is 9.59 Å². The molecule has 1 N–H and O–H groups in total. The molecule has 1 aromatic heterocycles. The molecule has 0 radical (unpaired) electrons. The average molecular weight is 411 g/mol. The Morgan fingerprint density at radius 3 is 2.48 bits per heavy atom. The molecular weight excluding hydrogens is 384 g/mol. The molecule has 1 atom stereocenters. The van der Waals surface area contributed by atoms with Crippen LogP contribution in [0.4, 0.5) is 5.69 Å². The Morgan fingerprint density at radius 2 is 1.83 bits per heavy atom. The molecule has 0 saturated heterocycles. The maximum absolute atomic E-state index is 12.9. The Labute approximate surface area is 175 Å². The van der Waals surface area contributed by atoms with Crippen molar-refractivity contribution >= 4 is 40.2 Å². The number of aryl methyl sites for hydroxylation is 1. The molecule has 2 amide bonds. The van der Waals surface area contributed by atoms with Gasteiger partial charge in [0.05, 0.1) is 5.25 Å². The molecule has 6 heteroatoms. The fourth-order valence-electron chi connectivity index (χ4n) is 3.31. The molecular formula is C23H26N2O3S. The highest BCUT2D eigenvalue weighted by atomic mass is 32.2. The second-order valence-corrected chi connectivity index (χ2v) is 8.43. The highest BCUT2D eigenvalue weighted by molar-refractivity contribution is 8.00. The number of nitrogens with one attached hydrogen (secondary N) is 1. The number of rotatable bonds is 7. The molecule has 0 bridgehead atoms. The smallest absolute Gasteiger partial charge is 0.235 e. The maximum Gasteiger partial charge on any atom is 0.235 e. The van der Waals surface area contributed by atoms with Gasteiger partial charge in [-0.15, -0.1) is 11.8 Å². The molecule has 0 aliphatic heterocycles. The van der Waals surface area contributed by atoms with Gasteiger partial charge < -0.3 is 14.6 Å². The highest BCUT2D eigenvalue weighted by Crippen LogP contribution is 2.29. The van der Waals surface area contributed by atoms with E-state index in [2.05, 4.69) is 12.2 Å². The fourth-order valence-corrected chi connectivity index (χ4v) is 4.29. The van der Waals surface area contributed by atoms with Crippen molar-refractivity contribution in [3.63, 3.8) is 0 Å². The molecule has 5 nitrogen and oxygen atoms in total. The number of thioether (sulfide) groups is 1. The van der Waals surface area contributed by atoms with Crippen molar-refractivity contribution in [3.05, 3.63) is 59.9 Å². The van der Waals surface area contributed by atoms with Gasteiger partial charge in [0.15, 0.2) is 0 Å². The summed E-state index contributed by atoms with van der Waals surface area (Å²) in [6, 6.07) is 15.5. The van der Waals surface area contributed by atoms with Gasteiger partial charge in [0.25, 0.3) is 0 Å². The summed E-state index contributed by atoms with van der Waals surface area (Å²) in [6.45, 7) is 5.98. The summed E-state index contributed by atoms with van der Waals surface area (Å²) in [5.74, 6) is 0.891. The first-order chi connectivity index (χ1) is 13.9. The number of fused-ring (bicyclic) bond motifs is 1. The van der Waals surface area contributed by atoms with E-state index in [0.717, 1.165) is 39.3 Å². The molecule has 0 aliphatic rings. The molecule has 0 fully saturated rings. The molecule has 3 aromatic rings. The monoisotopic (exact) mass is 410 g/mol. The van der Waals surface area contributed by atoms with Crippen molar-refractivity contribution in [2.24, 2.45) is 0 Å². The molecule has 3 rings (SSSR count). The number of furan rings is 1. The van der Waals surface area contributed by atoms with Crippen LogP contribution in [0.1, 0.15) is 32.1 Å². The van der Waals surface area contributed by atoms with Gasteiger partial charge in [0.2, 0.25) is 11.8 Å². The van der Waals surface area contributed by atoms with E-state index in [0.29, 0.717) is 6.54 Å². The van der Waals surface area contributed by atoms with Crippen molar-refractivity contribution in [2.75, 3.05) is 12.4 Å². The molecule has 0 aliphatic carbocycles. The lowest BCUT2D eigenvalue weighted by atomic mass is 10.1. The van der Waals surface area contributed by atoms with Crippen molar-refractivity contribution in [1.82, 2.24) is 4.90 Å². The number of nitrogens with zero attached hydrogens (tertiary/aromatic N) is 1. The third-order valence-corrected chi connectivity index (χ3v) is 5.81. The third-order valence-electron chi connectivity index (χ3n) is 4.71. The molecule has 1 unspecified atom stereocenters. The van der Waals surface area contributed by atoms with E-state index in [1.807, 2.05) is 62.5 Å². The second-order valence-electron chi connectivity index (χ2n) is 7.01. The van der Waals surface area contributed by atoms with Crippen LogP contribution in [-0.2, 0) is 22.6 Å². The largest absolute Gasteiger partial charge is 0.461 e. The summed E-state index contributed by atoms with van der Waals surface area (Å²) >= 11 is 1.51. The minimum absolute atomic E-state index is 0.0632. The van der Waals surface area contributed by atoms with E-state index in [-0.39, 0.29) is 17.1 Å². The van der Waals surface area contributed by atoms with Crippen LogP contribution in [0.2, 0.25) is 0 Å². The number of anilines is 1. The van der Waals surface area contributed by atoms with Crippen molar-refractivity contribution in [3.8, 4) is 0 Å². The summed E-state index contributed by atoms with van der Waals surface area (Å²) in [4.78, 5) is 26.8. The Balaban J connectivity index is 1.68. The zero-order valence-corrected chi connectivity index (χ0v) is 18.0. The zero-order chi connectivity index (χ0) is 21.0. The van der Waals surface area contributed by atoms with E-state index >= 15 is 0 Å². The topological polar surface area (TPSA) is 62.6 Å². The third kappa shape index (κ3) is 5.01. The Morgan fingerprint density at radius 1 is 1.14 bits per heavy atom. The highest BCUT2D eigenvalue weighted by Gasteiger charge is 2.22. The van der Waals surface area contributed by atoms with Crippen molar-refractivity contribution in [1.29, 1.82) is 0 Å². The van der Waals surface area contributed by atoms with Crippen LogP contribution in [0.5, 0.6) is 0 Å². The predicted octanol–water partition coefficient (Wildman–Crippen LogP) is 5.09. The number of carbonyl (C=O) groups excluding carboxylic acids is 2. The predicted molar refractivity (Wildman–Crippen MR) is 118 cm³/mol. The maximum atomic E-state index is 12.9. The molecule has 0 spiro atoms. The molecule has 1 heterocycles. The number of hydrogen-bond donors (Lipinski definition) is 1. The van der Waals surface area contributed by atoms with Gasteiger partial charge in [-0.2, -0.15) is 0 Å². The number of benzene rings is 2. The molecule has 29 heavy (non-hydrogen) atoms. The van der Waals surface area contributed by atoms with Gasteiger partial charge in [-0.1, -0.05) is 25.1 Å². The van der Waals surface area contributed by atoms with E-state index in [4.69, 9.17) is 4.42 Å². The Kier molecular flexibility index (Phi) is 6.64. The number of amides is 2. The van der Waals surface area contributed by atoms with Gasteiger partial charge in [0.1, 0.15) is 11.3 Å². The first kappa shape index (κ1) is 21.0. The van der Waals surface area contributed by atoms with Crippen LogP contribution >= 0.6 is 11.8 Å². The summed E-state index contributed by atoms with van der Waals surface area (Å²) in [6.07, 6.45) is 0.789. The lowest BCUT2D eigenvalue weighted by Crippen LogP contribution is -2.32. The molecule has 2 aromatic carbocycles. The van der Waals surface area contributed by atoms with Crippen LogP contribution in [0.3, 0.4) is 0 Å². The molecule has 0 saturated carbocycles. The number of hydrogen-bond acceptors (Lipinski definition) is 4. The standard InChI is InChI=1S/C23H26N2O3S/c1-5-21-20(19-8-6-7-9-22(19)28-21)14-25(4)23(27)15(2)29-18-12-10-17(11-13-18)24-16(3)26/h6-13,15H,5,14H2,1-4H3,(H,24,26). The lowest BCUT2D eigenvalue weighted by Gasteiger charge is -2.21. The normalized spacial score (nSPS) is 12.0. The van der Waals surface area contributed by atoms with E-state index < -0.39 is 0 Å².